The maximum atomic E-state index is 14.0. The molecule has 1 saturated heterocycles. The molecule has 0 unspecified atom stereocenters. The maximum Gasteiger partial charge on any atom is 0.199 e. The average Bonchev–Trinajstić information content (AvgIpc) is 3.19. The number of alkyl halides is 1. The summed E-state index contributed by atoms with van der Waals surface area (Å²) in [5, 5.41) is 13.2. The Labute approximate surface area is 156 Å². The molecule has 0 spiro atoms. The topological polar surface area (TPSA) is 44.9 Å². The highest BCUT2D eigenvalue weighted by Gasteiger charge is 2.34. The summed E-state index contributed by atoms with van der Waals surface area (Å²) in [6.45, 7) is 1.07. The first-order chi connectivity index (χ1) is 13.1. The fourth-order valence-corrected chi connectivity index (χ4v) is 3.30. The van der Waals surface area contributed by atoms with E-state index in [2.05, 4.69) is 10.00 Å². The number of anilines is 1. The largest absolute Gasteiger partial charge is 0.371 e. The number of halogens is 2. The third-order valence-corrected chi connectivity index (χ3v) is 5.00. The predicted octanol–water partition coefficient (Wildman–Crippen LogP) is 4.51. The molecule has 2 aromatic carbocycles. The quantitative estimate of drug-likeness (QED) is 0.687. The van der Waals surface area contributed by atoms with Gasteiger partial charge in [0.05, 0.1) is 11.9 Å². The lowest BCUT2D eigenvalue weighted by Gasteiger charge is -2.34. The van der Waals surface area contributed by atoms with Gasteiger partial charge in [0.2, 0.25) is 0 Å². The molecule has 0 atom stereocenters. The molecule has 136 valence electrons. The highest BCUT2D eigenvalue weighted by Crippen LogP contribution is 2.30. The Bertz CT molecular complexity index is 963. The van der Waals surface area contributed by atoms with Crippen molar-refractivity contribution in [3.8, 4) is 22.9 Å². The van der Waals surface area contributed by atoms with Gasteiger partial charge in [-0.05, 0) is 42.0 Å². The molecule has 27 heavy (non-hydrogen) atoms. The molecule has 0 radical (unpaired) electrons. The number of hydrogen-bond acceptors (Lipinski definition) is 3. The summed E-state index contributed by atoms with van der Waals surface area (Å²) in [6.07, 6.45) is 4.13. The van der Waals surface area contributed by atoms with Crippen LogP contribution in [0.2, 0.25) is 0 Å². The van der Waals surface area contributed by atoms with Crippen molar-refractivity contribution >= 4 is 5.69 Å². The molecule has 1 aliphatic rings. The molecule has 0 bridgehead atoms. The molecule has 0 saturated carbocycles. The molecule has 0 N–H and O–H groups in total. The monoisotopic (exact) mass is 364 g/mol. The molecule has 1 aliphatic heterocycles. The Hall–Kier alpha value is -3.20. The normalized spacial score (nSPS) is 16.1. The average molecular weight is 364 g/mol. The number of nitriles is 1. The van der Waals surface area contributed by atoms with Gasteiger partial charge in [-0.25, -0.2) is 13.5 Å². The summed E-state index contributed by atoms with van der Waals surface area (Å²) in [4.78, 5) is 2.10. The van der Waals surface area contributed by atoms with Gasteiger partial charge in [0.25, 0.3) is 0 Å². The van der Waals surface area contributed by atoms with Crippen LogP contribution in [-0.2, 0) is 0 Å². The fraction of sp³-hybridized carbons (Fsp3) is 0.238. The van der Waals surface area contributed by atoms with Crippen molar-refractivity contribution in [2.75, 3.05) is 18.0 Å². The highest BCUT2D eigenvalue weighted by molar-refractivity contribution is 5.65. The van der Waals surface area contributed by atoms with Crippen molar-refractivity contribution < 1.29 is 8.78 Å². The van der Waals surface area contributed by atoms with E-state index in [1.807, 2.05) is 30.5 Å². The molecule has 1 aromatic heterocycles. The predicted molar refractivity (Wildman–Crippen MR) is 99.9 cm³/mol. The summed E-state index contributed by atoms with van der Waals surface area (Å²) < 4.78 is 28.8. The summed E-state index contributed by atoms with van der Waals surface area (Å²) >= 11 is 0. The van der Waals surface area contributed by atoms with Gasteiger partial charge in [-0.3, -0.25) is 0 Å². The first kappa shape index (κ1) is 17.2. The Morgan fingerprint density at radius 3 is 2.19 bits per heavy atom. The number of benzene rings is 2. The van der Waals surface area contributed by atoms with Crippen LogP contribution in [0.1, 0.15) is 12.8 Å². The zero-order valence-electron chi connectivity index (χ0n) is 14.6. The smallest absolute Gasteiger partial charge is 0.199 e. The van der Waals surface area contributed by atoms with Crippen LogP contribution < -0.4 is 4.90 Å². The molecule has 4 rings (SSSR count). The third-order valence-electron chi connectivity index (χ3n) is 5.00. The minimum atomic E-state index is -1.69. The van der Waals surface area contributed by atoms with Crippen molar-refractivity contribution in [2.45, 2.75) is 18.5 Å². The van der Waals surface area contributed by atoms with Crippen LogP contribution in [-0.4, -0.2) is 28.5 Å². The Balaban J connectivity index is 1.49. The van der Waals surface area contributed by atoms with Crippen LogP contribution in [0.5, 0.6) is 0 Å². The third kappa shape index (κ3) is 3.54. The molecular weight excluding hydrogens is 346 g/mol. The van der Waals surface area contributed by atoms with E-state index >= 15 is 0 Å². The molecular formula is C21H18F2N4. The zero-order chi connectivity index (χ0) is 18.9. The van der Waals surface area contributed by atoms with E-state index in [1.54, 1.807) is 29.1 Å². The van der Waals surface area contributed by atoms with Crippen LogP contribution >= 0.6 is 0 Å². The number of piperidine rings is 1. The zero-order valence-corrected chi connectivity index (χ0v) is 14.6. The van der Waals surface area contributed by atoms with Crippen molar-refractivity contribution in [1.29, 1.82) is 5.26 Å². The molecule has 4 nitrogen and oxygen atoms in total. The fourth-order valence-electron chi connectivity index (χ4n) is 3.30. The van der Waals surface area contributed by atoms with Gasteiger partial charge < -0.3 is 4.90 Å². The number of aromatic nitrogens is 2. The van der Waals surface area contributed by atoms with Gasteiger partial charge in [-0.2, -0.15) is 10.4 Å². The highest BCUT2D eigenvalue weighted by atomic mass is 19.1. The Morgan fingerprint density at radius 1 is 0.926 bits per heavy atom. The van der Waals surface area contributed by atoms with Gasteiger partial charge in [0.15, 0.2) is 5.67 Å². The molecule has 6 heteroatoms. The molecule has 0 aliphatic carbocycles. The molecule has 3 aromatic rings. The van der Waals surface area contributed by atoms with E-state index in [9.17, 15) is 8.78 Å². The first-order valence-electron chi connectivity index (χ1n) is 8.82. The Kier molecular flexibility index (Phi) is 4.36. The van der Waals surface area contributed by atoms with Crippen molar-refractivity contribution in [2.24, 2.45) is 0 Å². The minimum absolute atomic E-state index is 0.232. The lowest BCUT2D eigenvalue weighted by Crippen LogP contribution is -2.40. The standard InChI is InChI=1S/C21H18F2N4/c22-18-3-7-20(8-4-18)27-14-17(13-25-27)16-1-5-19(6-2-16)26-11-9-21(23,15-24)10-12-26/h1-8,13-14H,9-12H2. The van der Waals surface area contributed by atoms with Gasteiger partial charge >= 0.3 is 0 Å². The minimum Gasteiger partial charge on any atom is -0.371 e. The van der Waals surface area contributed by atoms with E-state index in [1.165, 1.54) is 12.1 Å². The van der Waals surface area contributed by atoms with E-state index < -0.39 is 5.67 Å². The molecule has 1 fully saturated rings. The summed E-state index contributed by atoms with van der Waals surface area (Å²) in [7, 11) is 0. The first-order valence-corrected chi connectivity index (χ1v) is 8.82. The van der Waals surface area contributed by atoms with Gasteiger partial charge in [0.1, 0.15) is 11.9 Å². The summed E-state index contributed by atoms with van der Waals surface area (Å²) in [5.41, 5.74) is 2.09. The van der Waals surface area contributed by atoms with Crippen LogP contribution in [0.4, 0.5) is 14.5 Å². The van der Waals surface area contributed by atoms with Crippen molar-refractivity contribution in [1.82, 2.24) is 9.78 Å². The van der Waals surface area contributed by atoms with Crippen LogP contribution in [0.3, 0.4) is 0 Å². The second-order valence-corrected chi connectivity index (χ2v) is 6.76. The van der Waals surface area contributed by atoms with E-state index in [0.29, 0.717) is 13.1 Å². The molecule has 2 heterocycles. The summed E-state index contributed by atoms with van der Waals surface area (Å²) in [5.74, 6) is -0.279. The van der Waals surface area contributed by atoms with Crippen molar-refractivity contribution in [3.63, 3.8) is 0 Å². The number of hydrogen-bond donors (Lipinski definition) is 0. The molecule has 0 amide bonds. The van der Waals surface area contributed by atoms with Gasteiger partial charge in [0, 0.05) is 43.4 Å². The van der Waals surface area contributed by atoms with Gasteiger partial charge in [-0.15, -0.1) is 0 Å². The van der Waals surface area contributed by atoms with Crippen LogP contribution in [0.15, 0.2) is 60.9 Å². The maximum absolute atomic E-state index is 14.0. The number of rotatable bonds is 3. The number of nitrogens with zero attached hydrogens (tertiary/aromatic N) is 4. The van der Waals surface area contributed by atoms with Crippen LogP contribution in [0.25, 0.3) is 16.8 Å². The second-order valence-electron chi connectivity index (χ2n) is 6.76. The summed E-state index contributed by atoms with van der Waals surface area (Å²) in [6, 6.07) is 16.0. The van der Waals surface area contributed by atoms with E-state index in [-0.39, 0.29) is 18.7 Å². The van der Waals surface area contributed by atoms with Gasteiger partial charge in [-0.1, -0.05) is 12.1 Å². The van der Waals surface area contributed by atoms with E-state index in [4.69, 9.17) is 5.26 Å². The van der Waals surface area contributed by atoms with E-state index in [0.717, 1.165) is 22.5 Å². The second kappa shape index (κ2) is 6.84. The van der Waals surface area contributed by atoms with Crippen molar-refractivity contribution in [3.05, 3.63) is 66.7 Å². The Morgan fingerprint density at radius 2 is 1.56 bits per heavy atom. The SMILES string of the molecule is N#CC1(F)CCN(c2ccc(-c3cnn(-c4ccc(F)cc4)c3)cc2)CC1. The van der Waals surface area contributed by atoms with Crippen LogP contribution in [0, 0.1) is 17.1 Å². The lowest BCUT2D eigenvalue weighted by molar-refractivity contribution is 0.193. The lowest BCUT2D eigenvalue weighted by atomic mass is 9.94.